The maximum Gasteiger partial charge on any atom is 0.0703 e. The molecule has 2 fully saturated rings. The molecule has 3 atom stereocenters. The molecule has 2 rings (SSSR count). The summed E-state index contributed by atoms with van der Waals surface area (Å²) >= 11 is 0. The van der Waals surface area contributed by atoms with E-state index in [0.29, 0.717) is 5.82 Å². The van der Waals surface area contributed by atoms with Crippen molar-refractivity contribution < 1.29 is 0 Å². The zero-order chi connectivity index (χ0) is 5.56. The molecule has 42 valence electrons. The Hall–Kier alpha value is 0.0649. The highest BCUT2D eigenvalue weighted by Gasteiger charge is 2.35. The first-order chi connectivity index (χ1) is 3.86. The number of fused-ring (bicyclic) bond motifs is 2. The van der Waals surface area contributed by atoms with E-state index in [-0.39, 0.29) is 0 Å². The minimum Gasteiger partial charge on any atom is -0.0743 e. The standard InChI is InChI=1S/C7H11B/c8-7-4-5-1-2-6(7)3-5/h5-7H,1-4H2/t5-,6+,7+/m0/s1. The molecule has 0 heterocycles. The van der Waals surface area contributed by atoms with E-state index >= 15 is 0 Å². The van der Waals surface area contributed by atoms with E-state index in [9.17, 15) is 0 Å². The molecule has 0 amide bonds. The second kappa shape index (κ2) is 1.52. The summed E-state index contributed by atoms with van der Waals surface area (Å²) in [5.74, 6) is 2.52. The van der Waals surface area contributed by atoms with Crippen molar-refractivity contribution in [2.75, 3.05) is 0 Å². The van der Waals surface area contributed by atoms with Gasteiger partial charge in [0.15, 0.2) is 0 Å². The van der Waals surface area contributed by atoms with Crippen molar-refractivity contribution in [1.29, 1.82) is 0 Å². The Morgan fingerprint density at radius 3 is 2.25 bits per heavy atom. The molecule has 0 aromatic rings. The molecule has 2 aliphatic rings. The zero-order valence-electron chi connectivity index (χ0n) is 5.14. The van der Waals surface area contributed by atoms with Gasteiger partial charge in [-0.3, -0.25) is 0 Å². The summed E-state index contributed by atoms with van der Waals surface area (Å²) in [6.07, 6.45) is 5.66. The summed E-state index contributed by atoms with van der Waals surface area (Å²) < 4.78 is 0. The summed E-state index contributed by atoms with van der Waals surface area (Å²) in [6, 6.07) is 0. The van der Waals surface area contributed by atoms with Gasteiger partial charge < -0.3 is 0 Å². The summed E-state index contributed by atoms with van der Waals surface area (Å²) in [4.78, 5) is 0. The molecule has 0 unspecified atom stereocenters. The second-order valence-corrected chi connectivity index (χ2v) is 3.34. The van der Waals surface area contributed by atoms with E-state index in [1.54, 1.807) is 0 Å². The SMILES string of the molecule is [B][C@@H]1C[C@H]2CC[C@@H]1C2. The van der Waals surface area contributed by atoms with E-state index in [1.807, 2.05) is 0 Å². The maximum absolute atomic E-state index is 5.82. The molecule has 1 heteroatoms. The Bertz CT molecular complexity index is 98.6. The largest absolute Gasteiger partial charge is 0.0743 e. The molecule has 2 bridgehead atoms. The van der Waals surface area contributed by atoms with Gasteiger partial charge in [-0.2, -0.15) is 0 Å². The molecule has 0 aromatic carbocycles. The third-order valence-electron chi connectivity index (χ3n) is 2.79. The summed E-state index contributed by atoms with van der Waals surface area (Å²) in [6.45, 7) is 0. The first kappa shape index (κ1) is 4.90. The lowest BCUT2D eigenvalue weighted by Crippen LogP contribution is -2.02. The number of hydrogen-bond donors (Lipinski definition) is 0. The maximum atomic E-state index is 5.82. The van der Waals surface area contributed by atoms with Crippen molar-refractivity contribution in [3.63, 3.8) is 0 Å². The summed E-state index contributed by atoms with van der Waals surface area (Å²) in [5, 5.41) is 0. The zero-order valence-corrected chi connectivity index (χ0v) is 5.14. The normalized spacial score (nSPS) is 52.8. The van der Waals surface area contributed by atoms with Gasteiger partial charge in [0.1, 0.15) is 0 Å². The number of rotatable bonds is 0. The quantitative estimate of drug-likeness (QED) is 0.412. The van der Waals surface area contributed by atoms with E-state index < -0.39 is 0 Å². The van der Waals surface area contributed by atoms with Crippen molar-refractivity contribution in [1.82, 2.24) is 0 Å². The minimum atomic E-state index is 0.578. The van der Waals surface area contributed by atoms with Crippen molar-refractivity contribution >= 4 is 7.85 Å². The molecular formula is C7H11B. The fourth-order valence-corrected chi connectivity index (χ4v) is 2.29. The smallest absolute Gasteiger partial charge is 0.0703 e. The molecule has 2 saturated carbocycles. The predicted molar refractivity (Wildman–Crippen MR) is 35.0 cm³/mol. The Balaban J connectivity index is 2.11. The third kappa shape index (κ3) is 0.534. The molecule has 0 aliphatic heterocycles. The lowest BCUT2D eigenvalue weighted by Gasteiger charge is -2.15. The van der Waals surface area contributed by atoms with E-state index in [1.165, 1.54) is 25.7 Å². The lowest BCUT2D eigenvalue weighted by atomic mass is 9.75. The molecule has 0 N–H and O–H groups in total. The molecule has 2 aliphatic carbocycles. The van der Waals surface area contributed by atoms with Crippen molar-refractivity contribution in [3.05, 3.63) is 0 Å². The van der Waals surface area contributed by atoms with Gasteiger partial charge in [-0.15, -0.1) is 0 Å². The van der Waals surface area contributed by atoms with Crippen LogP contribution in [0.25, 0.3) is 0 Å². The van der Waals surface area contributed by atoms with Crippen LogP contribution in [0.5, 0.6) is 0 Å². The van der Waals surface area contributed by atoms with Crippen molar-refractivity contribution in [2.45, 2.75) is 31.5 Å². The molecule has 0 nitrogen and oxygen atoms in total. The van der Waals surface area contributed by atoms with Crippen LogP contribution in [0, 0.1) is 11.8 Å². The molecule has 0 saturated heterocycles. The average Bonchev–Trinajstić information content (AvgIpc) is 2.23. The van der Waals surface area contributed by atoms with Crippen LogP contribution in [-0.4, -0.2) is 7.85 Å². The highest BCUT2D eigenvalue weighted by molar-refractivity contribution is 6.12. The van der Waals surface area contributed by atoms with Crippen LogP contribution in [0.4, 0.5) is 0 Å². The minimum absolute atomic E-state index is 0.578. The topological polar surface area (TPSA) is 0 Å². The van der Waals surface area contributed by atoms with Crippen LogP contribution in [0.15, 0.2) is 0 Å². The molecular weight excluding hydrogens is 94.9 g/mol. The van der Waals surface area contributed by atoms with Crippen LogP contribution in [0.2, 0.25) is 5.82 Å². The average molecular weight is 106 g/mol. The van der Waals surface area contributed by atoms with E-state index in [0.717, 1.165) is 11.8 Å². The van der Waals surface area contributed by atoms with Gasteiger partial charge in [0.25, 0.3) is 0 Å². The fourth-order valence-electron chi connectivity index (χ4n) is 2.29. The first-order valence-corrected chi connectivity index (χ1v) is 3.62. The molecule has 0 spiro atoms. The van der Waals surface area contributed by atoms with Crippen molar-refractivity contribution in [2.24, 2.45) is 11.8 Å². The van der Waals surface area contributed by atoms with Crippen molar-refractivity contribution in [3.8, 4) is 0 Å². The van der Waals surface area contributed by atoms with Gasteiger partial charge in [-0.1, -0.05) is 25.1 Å². The summed E-state index contributed by atoms with van der Waals surface area (Å²) in [5.41, 5.74) is 0. The third-order valence-corrected chi connectivity index (χ3v) is 2.79. The van der Waals surface area contributed by atoms with E-state index in [2.05, 4.69) is 0 Å². The van der Waals surface area contributed by atoms with Crippen LogP contribution in [0.1, 0.15) is 25.7 Å². The molecule has 8 heavy (non-hydrogen) atoms. The fraction of sp³-hybridized carbons (Fsp3) is 1.00. The van der Waals surface area contributed by atoms with Crippen LogP contribution < -0.4 is 0 Å². The van der Waals surface area contributed by atoms with Crippen LogP contribution in [0.3, 0.4) is 0 Å². The van der Waals surface area contributed by atoms with Gasteiger partial charge in [-0.25, -0.2) is 0 Å². The number of hydrogen-bond acceptors (Lipinski definition) is 0. The van der Waals surface area contributed by atoms with Gasteiger partial charge in [0.05, 0.1) is 7.85 Å². The highest BCUT2D eigenvalue weighted by atomic mass is 14.4. The van der Waals surface area contributed by atoms with Gasteiger partial charge in [0, 0.05) is 0 Å². The lowest BCUT2D eigenvalue weighted by molar-refractivity contribution is 0.480. The second-order valence-electron chi connectivity index (χ2n) is 3.34. The monoisotopic (exact) mass is 106 g/mol. The van der Waals surface area contributed by atoms with Gasteiger partial charge in [-0.05, 0) is 18.3 Å². The van der Waals surface area contributed by atoms with Gasteiger partial charge >= 0.3 is 0 Å². The Labute approximate surface area is 52.1 Å². The molecule has 0 aromatic heterocycles. The summed E-state index contributed by atoms with van der Waals surface area (Å²) in [7, 11) is 5.82. The Kier molecular flexibility index (Phi) is 0.932. The Morgan fingerprint density at radius 2 is 2.00 bits per heavy atom. The molecule has 2 radical (unpaired) electrons. The predicted octanol–water partition coefficient (Wildman–Crippen LogP) is 1.76. The highest BCUT2D eigenvalue weighted by Crippen LogP contribution is 2.49. The first-order valence-electron chi connectivity index (χ1n) is 3.62. The van der Waals surface area contributed by atoms with E-state index in [4.69, 9.17) is 7.85 Å². The van der Waals surface area contributed by atoms with Crippen LogP contribution >= 0.6 is 0 Å². The Morgan fingerprint density at radius 1 is 1.12 bits per heavy atom. The van der Waals surface area contributed by atoms with Gasteiger partial charge in [0.2, 0.25) is 0 Å². The van der Waals surface area contributed by atoms with Crippen LogP contribution in [-0.2, 0) is 0 Å².